The zero-order valence-corrected chi connectivity index (χ0v) is 33.7. The Morgan fingerprint density at radius 2 is 0.778 bits per heavy atom. The molecule has 0 fully saturated rings. The first-order chi connectivity index (χ1) is 31.2. The van der Waals surface area contributed by atoms with Crippen molar-refractivity contribution < 1.29 is 8.83 Å². The van der Waals surface area contributed by atoms with Gasteiger partial charge in [0.2, 0.25) is 5.95 Å². The summed E-state index contributed by atoms with van der Waals surface area (Å²) in [5, 5.41) is 6.49. The van der Waals surface area contributed by atoms with Gasteiger partial charge >= 0.3 is 0 Å². The van der Waals surface area contributed by atoms with Crippen molar-refractivity contribution in [3.05, 3.63) is 206 Å². The molecule has 13 rings (SSSR count). The van der Waals surface area contributed by atoms with E-state index in [-0.39, 0.29) is 0 Å². The van der Waals surface area contributed by atoms with Crippen LogP contribution in [0.3, 0.4) is 0 Å². The van der Waals surface area contributed by atoms with E-state index in [4.69, 9.17) is 23.8 Å². The zero-order valence-electron chi connectivity index (χ0n) is 33.7. The van der Waals surface area contributed by atoms with Crippen molar-refractivity contribution in [2.45, 2.75) is 0 Å². The largest absolute Gasteiger partial charge is 0.456 e. The molecular formula is C57H34N4O2. The summed E-state index contributed by atoms with van der Waals surface area (Å²) in [7, 11) is 0. The van der Waals surface area contributed by atoms with Crippen LogP contribution in [0.2, 0.25) is 0 Å². The number of furan rings is 2. The van der Waals surface area contributed by atoms with Gasteiger partial charge in [0.05, 0.1) is 11.0 Å². The number of rotatable bonds is 6. The second-order valence-corrected chi connectivity index (χ2v) is 16.0. The molecule has 13 aromatic rings. The number of hydrogen-bond acceptors (Lipinski definition) is 5. The topological polar surface area (TPSA) is 69.9 Å². The van der Waals surface area contributed by atoms with E-state index >= 15 is 0 Å². The van der Waals surface area contributed by atoms with E-state index in [1.165, 1.54) is 11.1 Å². The molecule has 0 radical (unpaired) electrons. The smallest absolute Gasteiger partial charge is 0.238 e. The number of para-hydroxylation sites is 3. The molecule has 6 nitrogen and oxygen atoms in total. The van der Waals surface area contributed by atoms with E-state index in [9.17, 15) is 0 Å². The van der Waals surface area contributed by atoms with Gasteiger partial charge in [-0.25, -0.2) is 4.98 Å². The molecule has 4 heterocycles. The van der Waals surface area contributed by atoms with E-state index in [2.05, 4.69) is 150 Å². The molecule has 0 amide bonds. The van der Waals surface area contributed by atoms with Crippen LogP contribution < -0.4 is 0 Å². The SMILES string of the molecule is c1ccc(-c2ccc(-c3ccc4c(c3)oc3cc(-c5cccc6c7ccccc7n(-c7nc(-c8ccccc8)nc(-c8ccc9c(c8)oc8ccccc89)n7)c56)ccc34)cc2)cc1. The van der Waals surface area contributed by atoms with Crippen molar-refractivity contribution in [2.24, 2.45) is 0 Å². The molecule has 0 saturated heterocycles. The Labute approximate surface area is 361 Å². The predicted octanol–water partition coefficient (Wildman–Crippen LogP) is 15.1. The third kappa shape index (κ3) is 5.76. The van der Waals surface area contributed by atoms with Gasteiger partial charge in [-0.05, 0) is 76.3 Å². The third-order valence-electron chi connectivity index (χ3n) is 12.3. The molecular weight excluding hydrogens is 773 g/mol. The number of benzene rings is 9. The first-order valence-electron chi connectivity index (χ1n) is 21.1. The molecule has 4 aromatic heterocycles. The minimum absolute atomic E-state index is 0.524. The number of hydrogen-bond donors (Lipinski definition) is 0. The molecule has 0 aliphatic rings. The lowest BCUT2D eigenvalue weighted by Gasteiger charge is -2.13. The van der Waals surface area contributed by atoms with E-state index in [1.807, 2.05) is 60.7 Å². The Hall–Kier alpha value is -8.61. The minimum Gasteiger partial charge on any atom is -0.456 e. The second-order valence-electron chi connectivity index (χ2n) is 16.0. The maximum Gasteiger partial charge on any atom is 0.238 e. The molecule has 294 valence electrons. The highest BCUT2D eigenvalue weighted by molar-refractivity contribution is 6.15. The van der Waals surface area contributed by atoms with Gasteiger partial charge < -0.3 is 8.83 Å². The number of nitrogens with zero attached hydrogens (tertiary/aromatic N) is 4. The van der Waals surface area contributed by atoms with Gasteiger partial charge in [0, 0.05) is 49.0 Å². The third-order valence-corrected chi connectivity index (χ3v) is 12.3. The Kier molecular flexibility index (Phi) is 7.80. The van der Waals surface area contributed by atoms with Crippen LogP contribution in [0.5, 0.6) is 0 Å². The first kappa shape index (κ1) is 35.2. The summed E-state index contributed by atoms with van der Waals surface area (Å²) in [5.74, 6) is 1.66. The van der Waals surface area contributed by atoms with Crippen LogP contribution in [0.1, 0.15) is 0 Å². The molecule has 0 spiro atoms. The normalized spacial score (nSPS) is 11.8. The molecule has 0 unspecified atom stereocenters. The van der Waals surface area contributed by atoms with E-state index in [1.54, 1.807) is 0 Å². The van der Waals surface area contributed by atoms with Gasteiger partial charge in [-0.2, -0.15) is 9.97 Å². The highest BCUT2D eigenvalue weighted by atomic mass is 16.3. The van der Waals surface area contributed by atoms with Gasteiger partial charge in [0.1, 0.15) is 22.3 Å². The Morgan fingerprint density at radius 1 is 0.302 bits per heavy atom. The average molecular weight is 807 g/mol. The van der Waals surface area contributed by atoms with Gasteiger partial charge in [0.15, 0.2) is 11.6 Å². The molecule has 0 aliphatic heterocycles. The van der Waals surface area contributed by atoms with E-state index < -0.39 is 0 Å². The number of aromatic nitrogens is 4. The lowest BCUT2D eigenvalue weighted by atomic mass is 9.99. The Balaban J connectivity index is 0.967. The lowest BCUT2D eigenvalue weighted by molar-refractivity contribution is 0.668. The summed E-state index contributed by atoms with van der Waals surface area (Å²) in [6.45, 7) is 0. The molecule has 0 aliphatic carbocycles. The molecule has 0 bridgehead atoms. The highest BCUT2D eigenvalue weighted by Crippen LogP contribution is 2.41. The van der Waals surface area contributed by atoms with Gasteiger partial charge in [-0.3, -0.25) is 4.57 Å². The van der Waals surface area contributed by atoms with Gasteiger partial charge in [0.25, 0.3) is 0 Å². The summed E-state index contributed by atoms with van der Waals surface area (Å²) in [5.41, 5.74) is 13.8. The quantitative estimate of drug-likeness (QED) is 0.167. The van der Waals surface area contributed by atoms with Gasteiger partial charge in [-0.15, -0.1) is 0 Å². The summed E-state index contributed by atoms with van der Waals surface area (Å²) in [4.78, 5) is 15.6. The van der Waals surface area contributed by atoms with Crippen molar-refractivity contribution in [1.29, 1.82) is 0 Å². The summed E-state index contributed by atoms with van der Waals surface area (Å²) in [6, 6.07) is 71.6. The zero-order chi connectivity index (χ0) is 41.4. The number of fused-ring (bicyclic) bond motifs is 9. The van der Waals surface area contributed by atoms with Crippen molar-refractivity contribution in [3.63, 3.8) is 0 Å². The van der Waals surface area contributed by atoms with Gasteiger partial charge in [-0.1, -0.05) is 158 Å². The monoisotopic (exact) mass is 806 g/mol. The van der Waals surface area contributed by atoms with Crippen molar-refractivity contribution in [1.82, 2.24) is 19.5 Å². The molecule has 6 heteroatoms. The fourth-order valence-electron chi connectivity index (χ4n) is 9.24. The first-order valence-corrected chi connectivity index (χ1v) is 21.1. The van der Waals surface area contributed by atoms with Crippen molar-refractivity contribution in [2.75, 3.05) is 0 Å². The van der Waals surface area contributed by atoms with Crippen LogP contribution in [0.4, 0.5) is 0 Å². The lowest BCUT2D eigenvalue weighted by Crippen LogP contribution is -2.07. The van der Waals surface area contributed by atoms with Crippen LogP contribution in [-0.4, -0.2) is 19.5 Å². The summed E-state index contributed by atoms with van der Waals surface area (Å²) in [6.07, 6.45) is 0. The minimum atomic E-state index is 0.524. The fourth-order valence-corrected chi connectivity index (χ4v) is 9.24. The molecule has 0 N–H and O–H groups in total. The van der Waals surface area contributed by atoms with Crippen molar-refractivity contribution in [3.8, 4) is 62.1 Å². The highest BCUT2D eigenvalue weighted by Gasteiger charge is 2.22. The van der Waals surface area contributed by atoms with E-state index in [0.29, 0.717) is 17.6 Å². The van der Waals surface area contributed by atoms with Crippen LogP contribution in [0.15, 0.2) is 215 Å². The standard InChI is InChI=1S/C57H34N4O2/c1-3-12-35(13-4-1)36-22-24-37(25-23-36)39-26-29-46-47-30-27-40(33-52(47)63-51(46)32-39)42-18-11-19-48-43-16-7-9-20-49(43)61(54(42)48)57-59-55(38-14-5-2-6-15-38)58-56(60-57)41-28-31-45-44-17-8-10-21-50(44)62-53(45)34-41/h1-34H. The summed E-state index contributed by atoms with van der Waals surface area (Å²) >= 11 is 0. The van der Waals surface area contributed by atoms with Crippen LogP contribution in [0.25, 0.3) is 128 Å². The Bertz CT molecular complexity index is 3900. The maximum atomic E-state index is 6.69. The second kappa shape index (κ2) is 14.0. The molecule has 63 heavy (non-hydrogen) atoms. The summed E-state index contributed by atoms with van der Waals surface area (Å²) < 4.78 is 15.2. The van der Waals surface area contributed by atoms with Crippen LogP contribution in [-0.2, 0) is 0 Å². The predicted molar refractivity (Wildman–Crippen MR) is 256 cm³/mol. The van der Waals surface area contributed by atoms with E-state index in [0.717, 1.165) is 99.1 Å². The average Bonchev–Trinajstić information content (AvgIpc) is 4.03. The molecule has 9 aromatic carbocycles. The maximum absolute atomic E-state index is 6.69. The molecule has 0 atom stereocenters. The van der Waals surface area contributed by atoms with Crippen molar-refractivity contribution >= 4 is 65.7 Å². The molecule has 0 saturated carbocycles. The van der Waals surface area contributed by atoms with Crippen LogP contribution >= 0.6 is 0 Å². The Morgan fingerprint density at radius 3 is 1.51 bits per heavy atom. The fraction of sp³-hybridized carbons (Fsp3) is 0. The van der Waals surface area contributed by atoms with Crippen LogP contribution in [0, 0.1) is 0 Å².